The van der Waals surface area contributed by atoms with Crippen LogP contribution < -0.4 is 0 Å². The van der Waals surface area contributed by atoms with Crippen molar-refractivity contribution in [1.29, 1.82) is 0 Å². The van der Waals surface area contributed by atoms with Gasteiger partial charge in [-0.15, -0.1) is 12.6 Å². The van der Waals surface area contributed by atoms with E-state index in [0.29, 0.717) is 11.4 Å². The highest BCUT2D eigenvalue weighted by Gasteiger charge is 2.09. The predicted octanol–water partition coefficient (Wildman–Crippen LogP) is 3.74. The van der Waals surface area contributed by atoms with Gasteiger partial charge in [-0.3, -0.25) is 0 Å². The van der Waals surface area contributed by atoms with Crippen molar-refractivity contribution in [3.05, 3.63) is 54.7 Å². The van der Waals surface area contributed by atoms with Gasteiger partial charge in [-0.05, 0) is 18.2 Å². The number of H-pyrrole nitrogens is 1. The lowest BCUT2D eigenvalue weighted by Gasteiger charge is -2.02. The monoisotopic (exact) mass is 268 g/mol. The summed E-state index contributed by atoms with van der Waals surface area (Å²) in [5.41, 5.74) is 2.55. The molecule has 0 unspecified atom stereocenters. The number of phenols is 1. The van der Waals surface area contributed by atoms with Crippen LogP contribution in [0.15, 0.2) is 59.6 Å². The molecule has 0 fully saturated rings. The number of para-hydroxylation sites is 1. The van der Waals surface area contributed by atoms with Crippen molar-refractivity contribution >= 4 is 12.6 Å². The van der Waals surface area contributed by atoms with Gasteiger partial charge in [-0.2, -0.15) is 0 Å². The first-order valence-electron chi connectivity index (χ1n) is 5.87. The van der Waals surface area contributed by atoms with E-state index in [1.807, 2.05) is 36.4 Å². The Hall–Kier alpha value is -2.20. The van der Waals surface area contributed by atoms with Crippen molar-refractivity contribution in [2.45, 2.75) is 4.90 Å². The third-order valence-electron chi connectivity index (χ3n) is 2.93. The Morgan fingerprint density at radius 3 is 2.37 bits per heavy atom. The van der Waals surface area contributed by atoms with Crippen LogP contribution in [0.3, 0.4) is 0 Å². The highest BCUT2D eigenvalue weighted by molar-refractivity contribution is 7.80. The molecule has 3 aromatic rings. The number of hydrogen-bond donors (Lipinski definition) is 3. The fourth-order valence-corrected chi connectivity index (χ4v) is 2.25. The molecule has 0 aliphatic rings. The smallest absolute Gasteiger partial charge is 0.141 e. The van der Waals surface area contributed by atoms with E-state index in [1.165, 1.54) is 0 Å². The number of aromatic amines is 1. The Labute approximate surface area is 116 Å². The van der Waals surface area contributed by atoms with E-state index in [9.17, 15) is 5.11 Å². The molecule has 4 heteroatoms. The Bertz CT molecular complexity index is 661. The fraction of sp³-hybridized carbons (Fsp3) is 0. The maximum Gasteiger partial charge on any atom is 0.141 e. The molecule has 1 aromatic heterocycles. The summed E-state index contributed by atoms with van der Waals surface area (Å²) in [5.74, 6) is 0.854. The summed E-state index contributed by atoms with van der Waals surface area (Å²) < 4.78 is 0. The van der Waals surface area contributed by atoms with Crippen molar-refractivity contribution < 1.29 is 5.11 Å². The van der Waals surface area contributed by atoms with Crippen molar-refractivity contribution in [3.63, 3.8) is 0 Å². The summed E-state index contributed by atoms with van der Waals surface area (Å²) in [6, 6.07) is 14.9. The minimum absolute atomic E-state index is 0.211. The molecule has 3 rings (SSSR count). The van der Waals surface area contributed by atoms with Crippen LogP contribution >= 0.6 is 12.6 Å². The minimum Gasteiger partial charge on any atom is -0.507 e. The number of aromatic hydroxyl groups is 1. The molecule has 94 valence electrons. The molecule has 0 bridgehead atoms. The van der Waals surface area contributed by atoms with Crippen LogP contribution in [-0.2, 0) is 0 Å². The number of aromatic nitrogens is 2. The molecule has 2 aromatic carbocycles. The first-order valence-corrected chi connectivity index (χ1v) is 6.32. The number of phenolic OH excluding ortho intramolecular Hbond substituents is 1. The van der Waals surface area contributed by atoms with E-state index in [4.69, 9.17) is 0 Å². The van der Waals surface area contributed by atoms with Gasteiger partial charge in [0.05, 0.1) is 17.5 Å². The van der Waals surface area contributed by atoms with E-state index in [0.717, 1.165) is 16.2 Å². The van der Waals surface area contributed by atoms with Crippen molar-refractivity contribution in [2.24, 2.45) is 0 Å². The lowest BCUT2D eigenvalue weighted by atomic mass is 10.1. The van der Waals surface area contributed by atoms with Crippen molar-refractivity contribution in [3.8, 4) is 28.4 Å². The Morgan fingerprint density at radius 1 is 0.947 bits per heavy atom. The number of hydrogen-bond acceptors (Lipinski definition) is 3. The van der Waals surface area contributed by atoms with E-state index in [-0.39, 0.29) is 5.75 Å². The second-order valence-corrected chi connectivity index (χ2v) is 4.66. The molecule has 19 heavy (non-hydrogen) atoms. The highest BCUT2D eigenvalue weighted by atomic mass is 32.1. The predicted molar refractivity (Wildman–Crippen MR) is 78.4 cm³/mol. The van der Waals surface area contributed by atoms with Gasteiger partial charge in [-0.1, -0.05) is 30.3 Å². The normalized spacial score (nSPS) is 10.6. The molecule has 1 heterocycles. The Morgan fingerprint density at radius 2 is 1.63 bits per heavy atom. The van der Waals surface area contributed by atoms with E-state index in [1.54, 1.807) is 18.3 Å². The maximum absolute atomic E-state index is 9.82. The van der Waals surface area contributed by atoms with Crippen molar-refractivity contribution in [1.82, 2.24) is 9.97 Å². The number of nitrogens with one attached hydrogen (secondary N) is 1. The number of rotatable bonds is 2. The third kappa shape index (κ3) is 2.22. The summed E-state index contributed by atoms with van der Waals surface area (Å²) >= 11 is 4.43. The van der Waals surface area contributed by atoms with Gasteiger partial charge in [-0.25, -0.2) is 4.98 Å². The van der Waals surface area contributed by atoms with Gasteiger partial charge in [0.2, 0.25) is 0 Å². The van der Waals surface area contributed by atoms with Crippen LogP contribution in [0.25, 0.3) is 22.6 Å². The molecule has 0 spiro atoms. The molecule has 0 amide bonds. The van der Waals surface area contributed by atoms with Gasteiger partial charge in [0, 0.05) is 10.5 Å². The number of imidazole rings is 1. The average molecular weight is 268 g/mol. The average Bonchev–Trinajstić information content (AvgIpc) is 2.89. The molecule has 0 saturated carbocycles. The van der Waals surface area contributed by atoms with Gasteiger partial charge < -0.3 is 10.1 Å². The summed E-state index contributed by atoms with van der Waals surface area (Å²) in [6.45, 7) is 0. The number of nitrogens with zero attached hydrogens (tertiary/aromatic N) is 1. The zero-order valence-corrected chi connectivity index (χ0v) is 10.9. The maximum atomic E-state index is 9.82. The van der Waals surface area contributed by atoms with E-state index >= 15 is 0 Å². The zero-order valence-electron chi connectivity index (χ0n) is 10.0. The van der Waals surface area contributed by atoms with Crippen LogP contribution in [-0.4, -0.2) is 15.1 Å². The van der Waals surface area contributed by atoms with E-state index in [2.05, 4.69) is 22.6 Å². The lowest BCUT2D eigenvalue weighted by molar-refractivity contribution is 0.477. The van der Waals surface area contributed by atoms with Crippen LogP contribution in [0.2, 0.25) is 0 Å². The SMILES string of the molecule is Oc1ccccc1-c1ncc(-c2ccccc2S)[nH]1. The van der Waals surface area contributed by atoms with Crippen LogP contribution in [0.1, 0.15) is 0 Å². The van der Waals surface area contributed by atoms with Crippen LogP contribution in [0.4, 0.5) is 0 Å². The highest BCUT2D eigenvalue weighted by Crippen LogP contribution is 2.30. The third-order valence-corrected chi connectivity index (χ3v) is 3.32. The largest absolute Gasteiger partial charge is 0.507 e. The van der Waals surface area contributed by atoms with Gasteiger partial charge in [0.1, 0.15) is 11.6 Å². The first kappa shape index (κ1) is 11.9. The number of benzene rings is 2. The fourth-order valence-electron chi connectivity index (χ4n) is 1.97. The second-order valence-electron chi connectivity index (χ2n) is 4.18. The van der Waals surface area contributed by atoms with E-state index < -0.39 is 0 Å². The quantitative estimate of drug-likeness (QED) is 0.620. The standard InChI is InChI=1S/C15H12N2OS/c18-13-7-3-1-6-11(13)15-16-9-12(17-15)10-5-2-4-8-14(10)19/h1-9,18-19H,(H,16,17). The molecule has 0 radical (unpaired) electrons. The van der Waals surface area contributed by atoms with Crippen molar-refractivity contribution in [2.75, 3.05) is 0 Å². The van der Waals surface area contributed by atoms with Gasteiger partial charge >= 0.3 is 0 Å². The number of thiol groups is 1. The lowest BCUT2D eigenvalue weighted by Crippen LogP contribution is -1.82. The molecule has 0 saturated heterocycles. The van der Waals surface area contributed by atoms with Gasteiger partial charge in [0.25, 0.3) is 0 Å². The summed E-state index contributed by atoms with van der Waals surface area (Å²) in [5, 5.41) is 9.82. The molecule has 0 aliphatic carbocycles. The van der Waals surface area contributed by atoms with Gasteiger partial charge in [0.15, 0.2) is 0 Å². The zero-order chi connectivity index (χ0) is 13.2. The summed E-state index contributed by atoms with van der Waals surface area (Å²) in [4.78, 5) is 8.41. The molecule has 2 N–H and O–H groups in total. The van der Waals surface area contributed by atoms with Crippen LogP contribution in [0, 0.1) is 0 Å². The van der Waals surface area contributed by atoms with Crippen LogP contribution in [0.5, 0.6) is 5.75 Å². The topological polar surface area (TPSA) is 48.9 Å². The molecule has 0 aliphatic heterocycles. The summed E-state index contributed by atoms with van der Waals surface area (Å²) in [7, 11) is 0. The minimum atomic E-state index is 0.211. The first-order chi connectivity index (χ1) is 9.25. The second kappa shape index (κ2) is 4.82. The Kier molecular flexibility index (Phi) is 3.01. The Balaban J connectivity index is 2.06. The summed E-state index contributed by atoms with van der Waals surface area (Å²) in [6.07, 6.45) is 1.75. The molecule has 3 nitrogen and oxygen atoms in total. The molecular formula is C15H12N2OS. The molecule has 0 atom stereocenters. The molecular weight excluding hydrogens is 256 g/mol.